The van der Waals surface area contributed by atoms with Crippen LogP contribution in [0.5, 0.6) is 5.75 Å². The molecule has 1 unspecified atom stereocenters. The summed E-state index contributed by atoms with van der Waals surface area (Å²) in [4.78, 5) is 31.6. The second-order valence-corrected chi connectivity index (χ2v) is 10.1. The van der Waals surface area contributed by atoms with Crippen molar-refractivity contribution in [3.8, 4) is 17.0 Å². The lowest BCUT2D eigenvalue weighted by atomic mass is 9.96. The predicted octanol–water partition coefficient (Wildman–Crippen LogP) is 5.47. The number of anilines is 1. The zero-order chi connectivity index (χ0) is 25.9. The number of H-pyrrole nitrogens is 1. The highest BCUT2D eigenvalue weighted by molar-refractivity contribution is 7.99. The Bertz CT molecular complexity index is 1520. The number of rotatable bonds is 8. The fraction of sp³-hybridized carbons (Fsp3) is 0.310. The number of amides is 1. The molecule has 0 saturated heterocycles. The van der Waals surface area contributed by atoms with Gasteiger partial charge >= 0.3 is 11.3 Å². The fourth-order valence-electron chi connectivity index (χ4n) is 4.98. The molecule has 1 aromatic heterocycles. The predicted molar refractivity (Wildman–Crippen MR) is 147 cm³/mol. The van der Waals surface area contributed by atoms with E-state index in [1.165, 1.54) is 11.8 Å². The number of aromatic nitrogens is 3. The summed E-state index contributed by atoms with van der Waals surface area (Å²) in [6, 6.07) is 19.5. The fourth-order valence-corrected chi connectivity index (χ4v) is 5.84. The number of nitrogens with one attached hydrogen (secondary N) is 1. The van der Waals surface area contributed by atoms with Gasteiger partial charge in [-0.05, 0) is 47.0 Å². The second-order valence-electron chi connectivity index (χ2n) is 9.02. The van der Waals surface area contributed by atoms with E-state index in [-0.39, 0.29) is 11.5 Å². The number of fused-ring (bicyclic) bond motifs is 4. The van der Waals surface area contributed by atoms with Crippen molar-refractivity contribution in [2.45, 2.75) is 51.4 Å². The van der Waals surface area contributed by atoms with Crippen molar-refractivity contribution in [3.63, 3.8) is 0 Å². The summed E-state index contributed by atoms with van der Waals surface area (Å²) in [7, 11) is 0. The van der Waals surface area contributed by atoms with Gasteiger partial charge in [-0.2, -0.15) is 0 Å². The van der Waals surface area contributed by atoms with Gasteiger partial charge in [0.25, 0.3) is 6.17 Å². The first kappa shape index (κ1) is 25.0. The molecule has 4 aromatic rings. The Balaban J connectivity index is 1.81. The minimum atomic E-state index is -0.702. The number of thioether (sulfide) groups is 1. The third-order valence-corrected chi connectivity index (χ3v) is 7.52. The van der Waals surface area contributed by atoms with Crippen molar-refractivity contribution >= 4 is 34.1 Å². The molecule has 1 atom stereocenters. The standard InChI is InChI=1S/C29H30N4O3S/c1-4-6-11-18-37-29-30-27(35)26-22-14-9-10-15-23(22)32(19(3)34)28(33(26)31-29)25-21-13-8-7-12-20(21)16-17-24(25)36-5-2/h7-10,12-17,28H,4-6,11,18H2,1-3H3/p+1. The van der Waals surface area contributed by atoms with E-state index in [4.69, 9.17) is 9.84 Å². The van der Waals surface area contributed by atoms with Gasteiger partial charge in [-0.1, -0.05) is 74.0 Å². The van der Waals surface area contributed by atoms with Crippen LogP contribution in [0.1, 0.15) is 51.8 Å². The van der Waals surface area contributed by atoms with Crippen molar-refractivity contribution < 1.29 is 14.2 Å². The number of aromatic amines is 1. The molecular formula is C29H31N4O3S+. The molecule has 1 N–H and O–H groups in total. The molecule has 1 aliphatic heterocycles. The summed E-state index contributed by atoms with van der Waals surface area (Å²) in [6.45, 7) is 6.12. The van der Waals surface area contributed by atoms with Crippen molar-refractivity contribution in [1.29, 1.82) is 0 Å². The minimum absolute atomic E-state index is 0.148. The van der Waals surface area contributed by atoms with Gasteiger partial charge in [0, 0.05) is 17.8 Å². The van der Waals surface area contributed by atoms with Gasteiger partial charge in [0.15, 0.2) is 0 Å². The lowest BCUT2D eigenvalue weighted by Gasteiger charge is -2.32. The maximum absolute atomic E-state index is 13.6. The lowest BCUT2D eigenvalue weighted by molar-refractivity contribution is -0.763. The molecule has 5 rings (SSSR count). The topological polar surface area (TPSA) is 79.2 Å². The molecule has 2 heterocycles. The van der Waals surface area contributed by atoms with Gasteiger partial charge < -0.3 is 4.74 Å². The summed E-state index contributed by atoms with van der Waals surface area (Å²) in [5.74, 6) is 1.37. The van der Waals surface area contributed by atoms with Gasteiger partial charge in [-0.3, -0.25) is 14.6 Å². The summed E-state index contributed by atoms with van der Waals surface area (Å²) < 4.78 is 7.83. The molecule has 190 valence electrons. The van der Waals surface area contributed by atoms with Gasteiger partial charge in [-0.25, -0.2) is 4.90 Å². The van der Waals surface area contributed by atoms with E-state index in [9.17, 15) is 9.59 Å². The summed E-state index contributed by atoms with van der Waals surface area (Å²) >= 11 is 1.53. The molecule has 7 nitrogen and oxygen atoms in total. The first-order valence-corrected chi connectivity index (χ1v) is 13.8. The molecular weight excluding hydrogens is 484 g/mol. The lowest BCUT2D eigenvalue weighted by Crippen LogP contribution is -2.60. The zero-order valence-corrected chi connectivity index (χ0v) is 22.2. The molecule has 8 heteroatoms. The number of unbranched alkanes of at least 4 members (excludes halogenated alkanes) is 2. The summed E-state index contributed by atoms with van der Waals surface area (Å²) in [5.41, 5.74) is 2.34. The van der Waals surface area contributed by atoms with E-state index in [1.807, 2.05) is 67.6 Å². The average molecular weight is 516 g/mol. The van der Waals surface area contributed by atoms with Crippen LogP contribution in [0, 0.1) is 0 Å². The van der Waals surface area contributed by atoms with Crippen molar-refractivity contribution in [1.82, 2.24) is 10.1 Å². The molecule has 0 bridgehead atoms. The summed E-state index contributed by atoms with van der Waals surface area (Å²) in [6.07, 6.45) is 2.58. The molecule has 1 amide bonds. The maximum atomic E-state index is 13.6. The molecule has 0 saturated carbocycles. The van der Waals surface area contributed by atoms with Crippen LogP contribution in [-0.2, 0) is 4.79 Å². The number of ether oxygens (including phenoxy) is 1. The number of benzene rings is 3. The van der Waals surface area contributed by atoms with Gasteiger partial charge in [0.05, 0.1) is 23.4 Å². The van der Waals surface area contributed by atoms with E-state index in [0.717, 1.165) is 41.4 Å². The number of para-hydroxylation sites is 1. The molecule has 0 radical (unpaired) electrons. The normalized spacial score (nSPS) is 14.4. The second kappa shape index (κ2) is 10.8. The smallest absolute Gasteiger partial charge is 0.325 e. The quantitative estimate of drug-likeness (QED) is 0.191. The van der Waals surface area contributed by atoms with Gasteiger partial charge in [0.2, 0.25) is 11.1 Å². The Morgan fingerprint density at radius 3 is 2.65 bits per heavy atom. The Labute approximate surface area is 220 Å². The van der Waals surface area contributed by atoms with Crippen molar-refractivity contribution in [2.75, 3.05) is 17.3 Å². The van der Waals surface area contributed by atoms with E-state index in [2.05, 4.69) is 11.9 Å². The highest BCUT2D eigenvalue weighted by Crippen LogP contribution is 2.42. The van der Waals surface area contributed by atoms with Crippen molar-refractivity contribution in [3.05, 3.63) is 76.6 Å². The molecule has 0 aliphatic carbocycles. The zero-order valence-electron chi connectivity index (χ0n) is 21.4. The molecule has 0 spiro atoms. The number of carbonyl (C=O) groups is 1. The van der Waals surface area contributed by atoms with Crippen LogP contribution in [0.4, 0.5) is 5.69 Å². The Morgan fingerprint density at radius 1 is 1.08 bits per heavy atom. The van der Waals surface area contributed by atoms with E-state index < -0.39 is 6.17 Å². The number of hydrogen-bond acceptors (Lipinski definition) is 5. The van der Waals surface area contributed by atoms with E-state index >= 15 is 0 Å². The largest absolute Gasteiger partial charge is 0.493 e. The van der Waals surface area contributed by atoms with E-state index in [1.54, 1.807) is 16.5 Å². The molecule has 0 fully saturated rings. The third-order valence-electron chi connectivity index (χ3n) is 6.57. The van der Waals surface area contributed by atoms with Crippen LogP contribution in [0.15, 0.2) is 70.6 Å². The third kappa shape index (κ3) is 4.62. The summed E-state index contributed by atoms with van der Waals surface area (Å²) in [5, 5.41) is 7.45. The Morgan fingerprint density at radius 2 is 1.86 bits per heavy atom. The van der Waals surface area contributed by atoms with Crippen LogP contribution in [0.2, 0.25) is 0 Å². The number of nitrogens with zero attached hydrogens (tertiary/aromatic N) is 3. The average Bonchev–Trinajstić information content (AvgIpc) is 2.90. The Hall–Kier alpha value is -3.65. The first-order valence-electron chi connectivity index (χ1n) is 12.8. The maximum Gasteiger partial charge on any atom is 0.325 e. The van der Waals surface area contributed by atoms with Crippen LogP contribution >= 0.6 is 11.8 Å². The first-order chi connectivity index (χ1) is 18.0. The van der Waals surface area contributed by atoms with E-state index in [0.29, 0.717) is 34.5 Å². The Kier molecular flexibility index (Phi) is 7.28. The van der Waals surface area contributed by atoms with Gasteiger partial charge in [0.1, 0.15) is 5.75 Å². The van der Waals surface area contributed by atoms with Crippen molar-refractivity contribution in [2.24, 2.45) is 0 Å². The van der Waals surface area contributed by atoms with Crippen LogP contribution in [-0.4, -0.2) is 28.3 Å². The minimum Gasteiger partial charge on any atom is -0.493 e. The van der Waals surface area contributed by atoms with Crippen LogP contribution < -0.4 is 19.9 Å². The SMILES string of the molecule is CCCCCSc1n[n+]2c(c(=O)[nH]1)-c1ccccc1N(C(C)=O)C2c1c(OCC)ccc2ccccc12. The number of hydrogen-bond donors (Lipinski definition) is 1. The number of carbonyl (C=O) groups excluding carboxylic acids is 1. The highest BCUT2D eigenvalue weighted by atomic mass is 32.2. The molecule has 3 aromatic carbocycles. The molecule has 37 heavy (non-hydrogen) atoms. The highest BCUT2D eigenvalue weighted by Gasteiger charge is 2.46. The van der Waals surface area contributed by atoms with Crippen LogP contribution in [0.3, 0.4) is 0 Å². The monoisotopic (exact) mass is 515 g/mol. The van der Waals surface area contributed by atoms with Gasteiger partial charge in [-0.15, -0.1) is 0 Å². The molecule has 1 aliphatic rings. The van der Waals surface area contributed by atoms with Crippen LogP contribution in [0.25, 0.3) is 22.0 Å².